The molecule has 0 atom stereocenters. The molecule has 4 N–H and O–H groups in total. The van der Waals surface area contributed by atoms with E-state index in [-0.39, 0.29) is 24.8 Å². The molecule has 3 amide bonds. The van der Waals surface area contributed by atoms with Gasteiger partial charge in [0.05, 0.1) is 6.26 Å². The molecule has 11 heteroatoms. The lowest BCUT2D eigenvalue weighted by atomic mass is 10.2. The van der Waals surface area contributed by atoms with E-state index >= 15 is 0 Å². The molecule has 2 aromatic carbocycles. The van der Waals surface area contributed by atoms with Gasteiger partial charge in [0, 0.05) is 35.6 Å². The average molecular weight is 477 g/mol. The Labute approximate surface area is 193 Å². The van der Waals surface area contributed by atoms with E-state index in [1.54, 1.807) is 45.0 Å². The number of anilines is 3. The van der Waals surface area contributed by atoms with Crippen LogP contribution in [-0.2, 0) is 19.6 Å². The zero-order chi connectivity index (χ0) is 24.6. The van der Waals surface area contributed by atoms with E-state index in [2.05, 4.69) is 20.7 Å². The van der Waals surface area contributed by atoms with E-state index in [1.165, 1.54) is 24.3 Å². The molecular formula is C22H28N4O6S. The van der Waals surface area contributed by atoms with Gasteiger partial charge in [-0.3, -0.25) is 14.3 Å². The molecule has 0 fully saturated rings. The second kappa shape index (κ2) is 10.8. The topological polar surface area (TPSA) is 143 Å². The van der Waals surface area contributed by atoms with Crippen LogP contribution in [0.1, 0.15) is 37.6 Å². The minimum Gasteiger partial charge on any atom is -0.444 e. The highest BCUT2D eigenvalue weighted by Crippen LogP contribution is 2.16. The number of carbonyl (C=O) groups is 3. The first kappa shape index (κ1) is 25.7. The minimum absolute atomic E-state index is 0.0713. The van der Waals surface area contributed by atoms with Crippen LogP contribution in [0.3, 0.4) is 0 Å². The number of hydrogen-bond donors (Lipinski definition) is 4. The molecule has 0 heterocycles. The molecule has 0 aromatic heterocycles. The van der Waals surface area contributed by atoms with Crippen molar-refractivity contribution in [3.8, 4) is 0 Å². The molecule has 0 aliphatic heterocycles. The van der Waals surface area contributed by atoms with Crippen molar-refractivity contribution >= 4 is 45.0 Å². The monoisotopic (exact) mass is 476 g/mol. The van der Waals surface area contributed by atoms with Gasteiger partial charge in [-0.05, 0) is 69.3 Å². The van der Waals surface area contributed by atoms with Crippen molar-refractivity contribution in [1.82, 2.24) is 5.32 Å². The Hall–Kier alpha value is -3.60. The SMILES string of the molecule is CC(C)(C)OC(=O)NCCC(=O)Nc1ccc(NC(=O)c2ccc(NS(C)(=O)=O)cc2)cc1. The van der Waals surface area contributed by atoms with Crippen LogP contribution in [0.25, 0.3) is 0 Å². The van der Waals surface area contributed by atoms with Crippen molar-refractivity contribution in [3.63, 3.8) is 0 Å². The highest BCUT2D eigenvalue weighted by molar-refractivity contribution is 7.92. The lowest BCUT2D eigenvalue weighted by Gasteiger charge is -2.19. The average Bonchev–Trinajstić information content (AvgIpc) is 2.67. The highest BCUT2D eigenvalue weighted by Gasteiger charge is 2.16. The smallest absolute Gasteiger partial charge is 0.407 e. The van der Waals surface area contributed by atoms with Crippen molar-refractivity contribution < 1.29 is 27.5 Å². The normalized spacial score (nSPS) is 11.3. The third-order valence-electron chi connectivity index (χ3n) is 3.90. The standard InChI is InChI=1S/C22H28N4O6S/c1-22(2,3)32-21(29)23-14-13-19(27)24-16-9-11-17(12-10-16)25-20(28)15-5-7-18(8-6-15)26-33(4,30)31/h5-12,26H,13-14H2,1-4H3,(H,23,29)(H,24,27)(H,25,28). The van der Waals surface area contributed by atoms with Crippen molar-refractivity contribution in [1.29, 1.82) is 0 Å². The molecule has 0 aliphatic rings. The predicted molar refractivity (Wildman–Crippen MR) is 127 cm³/mol. The third kappa shape index (κ3) is 10.0. The first-order valence-electron chi connectivity index (χ1n) is 10.1. The quantitative estimate of drug-likeness (QED) is 0.461. The van der Waals surface area contributed by atoms with Crippen LogP contribution in [0.5, 0.6) is 0 Å². The summed E-state index contributed by atoms with van der Waals surface area (Å²) in [7, 11) is -3.39. The fraction of sp³-hybridized carbons (Fsp3) is 0.318. The van der Waals surface area contributed by atoms with Crippen LogP contribution in [-0.4, -0.2) is 44.7 Å². The molecule has 0 spiro atoms. The number of hydrogen-bond acceptors (Lipinski definition) is 6. The van der Waals surface area contributed by atoms with Gasteiger partial charge in [0.15, 0.2) is 0 Å². The predicted octanol–water partition coefficient (Wildman–Crippen LogP) is 3.16. The molecule has 2 aromatic rings. The van der Waals surface area contributed by atoms with Gasteiger partial charge in [-0.15, -0.1) is 0 Å². The van der Waals surface area contributed by atoms with Crippen LogP contribution < -0.4 is 20.7 Å². The molecule has 0 aliphatic carbocycles. The number of nitrogens with one attached hydrogen (secondary N) is 4. The molecule has 0 radical (unpaired) electrons. The number of benzene rings is 2. The van der Waals surface area contributed by atoms with Crippen molar-refractivity contribution in [2.45, 2.75) is 32.8 Å². The van der Waals surface area contributed by atoms with E-state index in [9.17, 15) is 22.8 Å². The zero-order valence-corrected chi connectivity index (χ0v) is 19.7. The van der Waals surface area contributed by atoms with Gasteiger partial charge < -0.3 is 20.7 Å². The summed E-state index contributed by atoms with van der Waals surface area (Å²) in [6.45, 7) is 5.38. The summed E-state index contributed by atoms with van der Waals surface area (Å²) in [5.74, 6) is -0.656. The summed E-state index contributed by atoms with van der Waals surface area (Å²) in [6.07, 6.45) is 0.527. The van der Waals surface area contributed by atoms with Gasteiger partial charge in [-0.25, -0.2) is 13.2 Å². The molecule has 10 nitrogen and oxygen atoms in total. The number of rotatable bonds is 8. The lowest BCUT2D eigenvalue weighted by molar-refractivity contribution is -0.116. The zero-order valence-electron chi connectivity index (χ0n) is 18.9. The maximum atomic E-state index is 12.4. The molecule has 0 unspecified atom stereocenters. The first-order valence-corrected chi connectivity index (χ1v) is 12.0. The molecule has 178 valence electrons. The van der Waals surface area contributed by atoms with E-state index in [4.69, 9.17) is 4.74 Å². The molecule has 2 rings (SSSR count). The van der Waals surface area contributed by atoms with Crippen molar-refractivity contribution in [2.24, 2.45) is 0 Å². The minimum atomic E-state index is -3.39. The van der Waals surface area contributed by atoms with E-state index in [0.717, 1.165) is 6.26 Å². The fourth-order valence-electron chi connectivity index (χ4n) is 2.56. The summed E-state index contributed by atoms with van der Waals surface area (Å²) in [5, 5.41) is 7.93. The van der Waals surface area contributed by atoms with Gasteiger partial charge in [0.2, 0.25) is 15.9 Å². The molecule has 0 saturated heterocycles. The van der Waals surface area contributed by atoms with Crippen molar-refractivity contribution in [2.75, 3.05) is 28.2 Å². The number of sulfonamides is 1. The highest BCUT2D eigenvalue weighted by atomic mass is 32.2. The van der Waals surface area contributed by atoms with Crippen LogP contribution in [0.4, 0.5) is 21.9 Å². The molecular weight excluding hydrogens is 448 g/mol. The van der Waals surface area contributed by atoms with Gasteiger partial charge in [0.1, 0.15) is 5.60 Å². The fourth-order valence-corrected chi connectivity index (χ4v) is 3.12. The summed E-state index contributed by atoms with van der Waals surface area (Å²) in [6, 6.07) is 12.5. The van der Waals surface area contributed by atoms with Crippen LogP contribution in [0.2, 0.25) is 0 Å². The molecule has 0 saturated carbocycles. The molecule has 33 heavy (non-hydrogen) atoms. The lowest BCUT2D eigenvalue weighted by Crippen LogP contribution is -2.34. The summed E-state index contributed by atoms with van der Waals surface area (Å²) < 4.78 is 29.9. The number of carbonyl (C=O) groups excluding carboxylic acids is 3. The Morgan fingerprint density at radius 2 is 1.36 bits per heavy atom. The maximum Gasteiger partial charge on any atom is 0.407 e. The van der Waals surface area contributed by atoms with Gasteiger partial charge >= 0.3 is 6.09 Å². The van der Waals surface area contributed by atoms with Crippen molar-refractivity contribution in [3.05, 3.63) is 54.1 Å². The van der Waals surface area contributed by atoms with Gasteiger partial charge in [-0.2, -0.15) is 0 Å². The number of amides is 3. The second-order valence-electron chi connectivity index (χ2n) is 8.21. The van der Waals surface area contributed by atoms with Crippen LogP contribution in [0.15, 0.2) is 48.5 Å². The van der Waals surface area contributed by atoms with E-state index in [0.29, 0.717) is 22.6 Å². The number of alkyl carbamates (subject to hydrolysis) is 1. The summed E-state index contributed by atoms with van der Waals surface area (Å²) in [5.41, 5.74) is 1.15. The Balaban J connectivity index is 1.81. The van der Waals surface area contributed by atoms with Gasteiger partial charge in [0.25, 0.3) is 5.91 Å². The van der Waals surface area contributed by atoms with Crippen LogP contribution >= 0.6 is 0 Å². The maximum absolute atomic E-state index is 12.4. The Bertz CT molecular complexity index is 1090. The second-order valence-corrected chi connectivity index (χ2v) is 9.96. The third-order valence-corrected chi connectivity index (χ3v) is 4.50. The Kier molecular flexibility index (Phi) is 8.41. The van der Waals surface area contributed by atoms with E-state index in [1.807, 2.05) is 0 Å². The summed E-state index contributed by atoms with van der Waals surface area (Å²) >= 11 is 0. The summed E-state index contributed by atoms with van der Waals surface area (Å²) in [4.78, 5) is 36.0. The molecule has 0 bridgehead atoms. The largest absolute Gasteiger partial charge is 0.444 e. The van der Waals surface area contributed by atoms with Crippen LogP contribution in [0, 0.1) is 0 Å². The first-order chi connectivity index (χ1) is 15.3. The Morgan fingerprint density at radius 1 is 0.848 bits per heavy atom. The van der Waals surface area contributed by atoms with E-state index < -0.39 is 21.7 Å². The Morgan fingerprint density at radius 3 is 1.88 bits per heavy atom. The number of ether oxygens (including phenoxy) is 1. The van der Waals surface area contributed by atoms with Gasteiger partial charge in [-0.1, -0.05) is 0 Å².